The molecule has 0 bridgehead atoms. The van der Waals surface area contributed by atoms with Gasteiger partial charge in [0.1, 0.15) is 28.5 Å². The molecular formula is C65H50F6N8O13. The smallest absolute Gasteiger partial charge is 0.346 e. The van der Waals surface area contributed by atoms with Crippen molar-refractivity contribution in [1.82, 2.24) is 4.57 Å². The van der Waals surface area contributed by atoms with Gasteiger partial charge in [0, 0.05) is 47.1 Å². The van der Waals surface area contributed by atoms with Crippen LogP contribution in [0.3, 0.4) is 0 Å². The van der Waals surface area contributed by atoms with E-state index in [2.05, 4.69) is 26.6 Å². The lowest BCUT2D eigenvalue weighted by atomic mass is 10.1. The van der Waals surface area contributed by atoms with Crippen molar-refractivity contribution < 1.29 is 74.7 Å². The first kappa shape index (κ1) is 65.8. The number of amides is 5. The number of nitrogens with zero attached hydrogens (tertiary/aromatic N) is 3. The van der Waals surface area contributed by atoms with Crippen LogP contribution in [0.1, 0.15) is 52.0 Å². The quantitative estimate of drug-likeness (QED) is 0.0422. The largest absolute Gasteiger partial charge is 0.508 e. The first-order valence-corrected chi connectivity index (χ1v) is 27.5. The maximum Gasteiger partial charge on any atom is 0.346 e. The number of phenols is 1. The number of fused-ring (bicyclic) bond motifs is 4. The van der Waals surface area contributed by atoms with Crippen molar-refractivity contribution in [2.45, 2.75) is 46.1 Å². The van der Waals surface area contributed by atoms with Gasteiger partial charge in [-0.05, 0) is 113 Å². The molecule has 21 nitrogen and oxygen atoms in total. The van der Waals surface area contributed by atoms with E-state index < -0.39 is 67.6 Å². The molecule has 0 radical (unpaired) electrons. The van der Waals surface area contributed by atoms with E-state index in [0.29, 0.717) is 35.5 Å². The fourth-order valence-corrected chi connectivity index (χ4v) is 9.11. The Labute approximate surface area is 517 Å². The lowest BCUT2D eigenvalue weighted by molar-refractivity contribution is -0.390. The molecule has 0 saturated heterocycles. The number of benzene rings is 8. The average Bonchev–Trinajstić information content (AvgIpc) is 1.61. The topological polar surface area (TPSA) is 292 Å². The zero-order valence-corrected chi connectivity index (χ0v) is 48.2. The molecule has 8 aromatic carbocycles. The molecule has 27 heteroatoms. The molecule has 0 aliphatic carbocycles. The molecule has 4 aliphatic rings. The molecule has 4 aliphatic heterocycles. The first-order valence-electron chi connectivity index (χ1n) is 27.5. The first-order chi connectivity index (χ1) is 44.1. The fourth-order valence-electron chi connectivity index (χ4n) is 9.11. The van der Waals surface area contributed by atoms with Crippen LogP contribution in [0.15, 0.2) is 175 Å². The van der Waals surface area contributed by atoms with Gasteiger partial charge in [0.05, 0.1) is 42.1 Å². The van der Waals surface area contributed by atoms with Crippen LogP contribution in [0.25, 0.3) is 0 Å². The molecule has 1 aromatic heterocycles. The van der Waals surface area contributed by atoms with E-state index in [4.69, 9.17) is 14.6 Å². The Bertz CT molecular complexity index is 4390. The van der Waals surface area contributed by atoms with Crippen molar-refractivity contribution in [3.05, 3.63) is 269 Å². The van der Waals surface area contributed by atoms with Crippen molar-refractivity contribution in [2.75, 3.05) is 26.6 Å². The predicted molar refractivity (Wildman–Crippen MR) is 325 cm³/mol. The van der Waals surface area contributed by atoms with Crippen molar-refractivity contribution in [2.24, 2.45) is 0 Å². The van der Waals surface area contributed by atoms with Crippen LogP contribution >= 0.6 is 0 Å². The Hall–Kier alpha value is -12.2. The van der Waals surface area contributed by atoms with Crippen LogP contribution in [0.2, 0.25) is 0 Å². The summed E-state index contributed by atoms with van der Waals surface area (Å²) in [7, 11) is 0. The van der Waals surface area contributed by atoms with Gasteiger partial charge in [-0.3, -0.25) is 49.0 Å². The third kappa shape index (κ3) is 16.5. The van der Waals surface area contributed by atoms with Gasteiger partial charge >= 0.3 is 11.4 Å². The van der Waals surface area contributed by atoms with Crippen molar-refractivity contribution in [3.8, 4) is 28.7 Å². The number of carbonyl (C=O) groups is 5. The van der Waals surface area contributed by atoms with E-state index in [9.17, 15) is 75.3 Å². The molecule has 5 heterocycles. The number of hydrogen-bond acceptors (Lipinski definition) is 13. The second kappa shape index (κ2) is 29.7. The van der Waals surface area contributed by atoms with E-state index >= 15 is 0 Å². The molecular weight excluding hydrogens is 1210 g/mol. The number of nitrogens with one attached hydrogen (secondary N) is 5. The molecule has 0 spiro atoms. The van der Waals surface area contributed by atoms with Crippen LogP contribution in [-0.4, -0.2) is 49.1 Å². The van der Waals surface area contributed by atoms with Crippen LogP contribution in [-0.2, 0) is 51.4 Å². The summed E-state index contributed by atoms with van der Waals surface area (Å²) in [5.74, 6) is -6.66. The third-order valence-corrected chi connectivity index (χ3v) is 13.3. The second-order valence-electron chi connectivity index (χ2n) is 19.6. The van der Waals surface area contributed by atoms with E-state index in [1.165, 1.54) is 48.7 Å². The third-order valence-electron chi connectivity index (χ3n) is 13.3. The summed E-state index contributed by atoms with van der Waals surface area (Å²) in [4.78, 5) is 89.3. The maximum atomic E-state index is 14.7. The normalized spacial score (nSPS) is 12.3. The highest BCUT2D eigenvalue weighted by Crippen LogP contribution is 2.38. The zero-order valence-electron chi connectivity index (χ0n) is 48.2. The van der Waals surface area contributed by atoms with Gasteiger partial charge < -0.3 is 45.7 Å². The number of anilines is 5. The van der Waals surface area contributed by atoms with Crippen LogP contribution in [0.5, 0.6) is 28.7 Å². The summed E-state index contributed by atoms with van der Waals surface area (Å²) in [6, 6.07) is 38.6. The summed E-state index contributed by atoms with van der Waals surface area (Å²) >= 11 is 0. The summed E-state index contributed by atoms with van der Waals surface area (Å²) in [5.41, 5.74) is 3.75. The number of nitro benzene ring substituents is 2. The number of ether oxygens (including phenoxy) is 2. The van der Waals surface area contributed by atoms with Crippen LogP contribution in [0, 0.1) is 55.1 Å². The lowest BCUT2D eigenvalue weighted by Crippen LogP contribution is -2.29. The number of phenolic OH excluding ortho intramolecular Hbond substituents is 1. The van der Waals surface area contributed by atoms with E-state index in [0.717, 1.165) is 80.7 Å². The number of rotatable bonds is 10. The van der Waals surface area contributed by atoms with E-state index in [1.807, 2.05) is 38.1 Å². The highest BCUT2D eigenvalue weighted by Gasteiger charge is 2.26. The molecule has 470 valence electrons. The number of hydrogen-bond donors (Lipinski definition) is 6. The second-order valence-corrected chi connectivity index (χ2v) is 19.6. The number of halogens is 6. The number of carbonyl (C=O) groups excluding carboxylic acids is 5. The van der Waals surface area contributed by atoms with Gasteiger partial charge in [-0.1, -0.05) is 74.5 Å². The summed E-state index contributed by atoms with van der Waals surface area (Å²) in [6.07, 6.45) is 2.90. The summed E-state index contributed by atoms with van der Waals surface area (Å²) in [6.45, 7) is 3.89. The van der Waals surface area contributed by atoms with E-state index in [-0.39, 0.29) is 77.3 Å². The van der Waals surface area contributed by atoms with Gasteiger partial charge in [0.25, 0.3) is 11.5 Å². The van der Waals surface area contributed by atoms with Crippen LogP contribution < -0.4 is 41.6 Å². The Morgan fingerprint density at radius 3 is 1.50 bits per heavy atom. The number of aromatic nitrogens is 1. The highest BCUT2D eigenvalue weighted by molar-refractivity contribution is 6.05. The van der Waals surface area contributed by atoms with Gasteiger partial charge in [-0.25, -0.2) is 13.2 Å². The molecule has 0 saturated carbocycles. The minimum absolute atomic E-state index is 0.00870. The molecule has 0 atom stereocenters. The van der Waals surface area contributed by atoms with Gasteiger partial charge in [-0.15, -0.1) is 0 Å². The van der Waals surface area contributed by atoms with Crippen molar-refractivity contribution >= 4 is 69.3 Å². The zero-order chi connectivity index (χ0) is 66.3. The minimum atomic E-state index is -1.16. The Balaban J connectivity index is 0.000000165. The number of nitro groups is 2. The summed E-state index contributed by atoms with van der Waals surface area (Å²) in [5, 5.41) is 43.0. The monoisotopic (exact) mass is 1260 g/mol. The van der Waals surface area contributed by atoms with E-state index in [1.54, 1.807) is 54.6 Å². The molecule has 9 aromatic rings. The van der Waals surface area contributed by atoms with Crippen molar-refractivity contribution in [3.63, 3.8) is 0 Å². The number of para-hydroxylation sites is 4. The molecule has 92 heavy (non-hydrogen) atoms. The molecule has 0 unspecified atom stereocenters. The van der Waals surface area contributed by atoms with Gasteiger partial charge in [0.15, 0.2) is 23.2 Å². The minimum Gasteiger partial charge on any atom is -0.508 e. The fraction of sp³-hybridized carbons (Fsp3) is 0.108. The number of pyridine rings is 1. The van der Waals surface area contributed by atoms with Crippen LogP contribution in [0.4, 0.5) is 66.2 Å². The molecule has 5 amide bonds. The maximum absolute atomic E-state index is 14.7. The Kier molecular flexibility index (Phi) is 21.2. The van der Waals surface area contributed by atoms with Gasteiger partial charge in [0.2, 0.25) is 46.8 Å². The highest BCUT2D eigenvalue weighted by atomic mass is 19.2. The molecule has 6 N–H and O–H groups in total. The lowest BCUT2D eigenvalue weighted by Gasteiger charge is -2.14. The molecule has 13 rings (SSSR count). The average molecular weight is 1270 g/mol. The van der Waals surface area contributed by atoms with Gasteiger partial charge in [-0.2, -0.15) is 13.2 Å². The predicted octanol–water partition coefficient (Wildman–Crippen LogP) is 12.8. The Morgan fingerprint density at radius 1 is 0.500 bits per heavy atom. The molecule has 0 fully saturated rings. The van der Waals surface area contributed by atoms with Crippen molar-refractivity contribution in [1.29, 1.82) is 0 Å². The standard InChI is InChI=1S/C27H18F3N3O4.C14H9FN2O4.C8H7NO2.C8H7NO.C6H3F2NO2.C2H6/c28-19-9-6-15(11-21(19)30)14-33-10-2-3-18(27(33)36)26(35)32-25-20(29)4-1-5-23(25)37-17-8-7-16-12-24(34)31-22(16)13-17;15-10-2-1-3-12(14(10)17(19)20)21-9-5-4-8-6-13(18)16-11(8)7-9;10-6-2-1-5-3-8(11)9-7(5)4-6;10-8-5-6-3-1-2-4-7(6)9-8;7-4-2-1-3-5(8)6(4)9(10)11;1-2/h1-11,13H,12,14H2,(H,31,34)(H,32,35);1-5,7H,6H2,(H,16,18);1-2,4,10H,3H2,(H,9,11);1-4H,5H2,(H,9,10);1-3H;1-2H3. The summed E-state index contributed by atoms with van der Waals surface area (Å²) < 4.78 is 92.2. The Morgan fingerprint density at radius 2 is 0.967 bits per heavy atom. The number of aromatic hydroxyl groups is 1. The SMILES string of the molecule is CC.O=C1Cc2ccc(O)cc2N1.O=C1Cc2ccc(Oc3cccc(F)c3NC(=O)c3cccn(Cc4ccc(F)c(F)c4)c3=O)cc2N1.O=C1Cc2ccc(Oc3cccc(F)c3[N+](=O)[O-])cc2N1.O=C1Cc2ccccc2N1.O=[N+]([O-])c1c(F)cccc1F.